The quantitative estimate of drug-likeness (QED) is 0.681. The van der Waals surface area contributed by atoms with Crippen molar-refractivity contribution in [1.82, 2.24) is 15.1 Å². The molecule has 2 rings (SSSR count). The molecule has 1 N–H and O–H groups in total. The molecule has 1 aromatic carbocycles. The number of halogens is 1. The molecule has 5 heteroatoms. The number of aromatic nitrogens is 2. The zero-order valence-corrected chi connectivity index (χ0v) is 11.4. The summed E-state index contributed by atoms with van der Waals surface area (Å²) in [6.45, 7) is 0.667. The molecule has 1 heterocycles. The van der Waals surface area contributed by atoms with E-state index in [2.05, 4.69) is 26.3 Å². The first-order chi connectivity index (χ1) is 8.81. The molecule has 0 aliphatic rings. The Labute approximate surface area is 114 Å². The van der Waals surface area contributed by atoms with Crippen LogP contribution in [0.2, 0.25) is 0 Å². The first-order valence-electron chi connectivity index (χ1n) is 5.75. The van der Waals surface area contributed by atoms with Crippen LogP contribution in [0.15, 0.2) is 42.7 Å². The fourth-order valence-electron chi connectivity index (χ4n) is 1.53. The van der Waals surface area contributed by atoms with Crippen molar-refractivity contribution in [2.75, 3.05) is 11.9 Å². The molecule has 1 amide bonds. The predicted octanol–water partition coefficient (Wildman–Crippen LogP) is 2.39. The molecule has 0 fully saturated rings. The molecule has 1 aromatic heterocycles. The Hall–Kier alpha value is -1.62. The molecular weight excluding hydrogens is 294 g/mol. The van der Waals surface area contributed by atoms with E-state index in [4.69, 9.17) is 0 Å². The average molecular weight is 308 g/mol. The number of hydrogen-bond acceptors (Lipinski definition) is 2. The highest BCUT2D eigenvalue weighted by Gasteiger charge is 2.08. The van der Waals surface area contributed by atoms with E-state index in [0.717, 1.165) is 17.4 Å². The molecule has 0 atom stereocenters. The number of alkyl halides is 1. The van der Waals surface area contributed by atoms with Gasteiger partial charge in [-0.2, -0.15) is 5.10 Å². The second kappa shape index (κ2) is 6.35. The summed E-state index contributed by atoms with van der Waals surface area (Å²) in [5.41, 5.74) is 1.52. The lowest BCUT2D eigenvalue weighted by atomic mass is 10.3. The zero-order chi connectivity index (χ0) is 12.8. The van der Waals surface area contributed by atoms with Gasteiger partial charge in [0.25, 0.3) is 5.91 Å². The lowest BCUT2D eigenvalue weighted by Gasteiger charge is -2.01. The fraction of sp³-hybridized carbons (Fsp3) is 0.231. The van der Waals surface area contributed by atoms with Crippen molar-refractivity contribution in [1.29, 1.82) is 0 Å². The highest BCUT2D eigenvalue weighted by molar-refractivity contribution is 9.09. The summed E-state index contributed by atoms with van der Waals surface area (Å²) in [7, 11) is 0. The molecule has 4 nitrogen and oxygen atoms in total. The van der Waals surface area contributed by atoms with Crippen LogP contribution in [-0.4, -0.2) is 27.6 Å². The normalized spacial score (nSPS) is 10.3. The maximum atomic E-state index is 11.8. The van der Waals surface area contributed by atoms with Crippen molar-refractivity contribution in [3.05, 3.63) is 48.3 Å². The van der Waals surface area contributed by atoms with Crippen LogP contribution in [-0.2, 0) is 0 Å². The van der Waals surface area contributed by atoms with Gasteiger partial charge in [-0.25, -0.2) is 4.68 Å². The number of rotatable bonds is 5. The van der Waals surface area contributed by atoms with Gasteiger partial charge in [-0.15, -0.1) is 0 Å². The second-order valence-electron chi connectivity index (χ2n) is 3.81. The minimum Gasteiger partial charge on any atom is -0.352 e. The Bertz CT molecular complexity index is 510. The van der Waals surface area contributed by atoms with Crippen LogP contribution in [0.3, 0.4) is 0 Å². The minimum atomic E-state index is -0.0851. The van der Waals surface area contributed by atoms with Gasteiger partial charge in [-0.1, -0.05) is 34.1 Å². The molecule has 0 bridgehead atoms. The van der Waals surface area contributed by atoms with Gasteiger partial charge < -0.3 is 5.32 Å². The molecule has 94 valence electrons. The lowest BCUT2D eigenvalue weighted by Crippen LogP contribution is -2.24. The molecule has 0 spiro atoms. The molecule has 0 unspecified atom stereocenters. The number of para-hydroxylation sites is 1. The van der Waals surface area contributed by atoms with Gasteiger partial charge >= 0.3 is 0 Å². The van der Waals surface area contributed by atoms with Crippen LogP contribution in [0.25, 0.3) is 5.69 Å². The maximum absolute atomic E-state index is 11.8. The summed E-state index contributed by atoms with van der Waals surface area (Å²) in [6, 6.07) is 9.71. The third-order valence-corrected chi connectivity index (χ3v) is 3.02. The smallest absolute Gasteiger partial charge is 0.254 e. The van der Waals surface area contributed by atoms with E-state index in [1.807, 2.05) is 30.3 Å². The number of carbonyl (C=O) groups excluding carboxylic acids is 1. The number of carbonyl (C=O) groups is 1. The third kappa shape index (κ3) is 3.20. The Kier molecular flexibility index (Phi) is 4.52. The van der Waals surface area contributed by atoms with Crippen molar-refractivity contribution in [3.8, 4) is 5.69 Å². The first kappa shape index (κ1) is 12.8. The van der Waals surface area contributed by atoms with Crippen molar-refractivity contribution >= 4 is 21.8 Å². The topological polar surface area (TPSA) is 46.9 Å². The van der Waals surface area contributed by atoms with E-state index >= 15 is 0 Å². The van der Waals surface area contributed by atoms with Crippen molar-refractivity contribution in [3.63, 3.8) is 0 Å². The fourth-order valence-corrected chi connectivity index (χ4v) is 1.81. The van der Waals surface area contributed by atoms with E-state index in [-0.39, 0.29) is 5.91 Å². The molecular formula is C13H14BrN3O. The highest BCUT2D eigenvalue weighted by Crippen LogP contribution is 2.07. The van der Waals surface area contributed by atoms with Gasteiger partial charge in [-0.05, 0) is 18.6 Å². The average Bonchev–Trinajstić information content (AvgIpc) is 2.89. The molecule has 0 saturated heterocycles. The molecule has 2 aromatic rings. The largest absolute Gasteiger partial charge is 0.352 e. The van der Waals surface area contributed by atoms with Gasteiger partial charge in [0.15, 0.2) is 0 Å². The maximum Gasteiger partial charge on any atom is 0.254 e. The van der Waals surface area contributed by atoms with Crippen LogP contribution in [0.1, 0.15) is 16.8 Å². The van der Waals surface area contributed by atoms with Crippen LogP contribution < -0.4 is 5.32 Å². The summed E-state index contributed by atoms with van der Waals surface area (Å²) < 4.78 is 1.69. The number of nitrogens with one attached hydrogen (secondary N) is 1. The summed E-state index contributed by atoms with van der Waals surface area (Å²) >= 11 is 3.32. The van der Waals surface area contributed by atoms with Gasteiger partial charge in [0, 0.05) is 18.1 Å². The second-order valence-corrected chi connectivity index (χ2v) is 4.60. The Morgan fingerprint density at radius 1 is 1.33 bits per heavy atom. The predicted molar refractivity (Wildman–Crippen MR) is 74.3 cm³/mol. The summed E-state index contributed by atoms with van der Waals surface area (Å²) in [4.78, 5) is 11.8. The van der Waals surface area contributed by atoms with Gasteiger partial charge in [-0.3, -0.25) is 4.79 Å². The van der Waals surface area contributed by atoms with Gasteiger partial charge in [0.1, 0.15) is 0 Å². The van der Waals surface area contributed by atoms with Crippen LogP contribution in [0, 0.1) is 0 Å². The third-order valence-electron chi connectivity index (χ3n) is 2.46. The summed E-state index contributed by atoms with van der Waals surface area (Å²) in [5, 5.41) is 7.91. The zero-order valence-electron chi connectivity index (χ0n) is 9.84. The van der Waals surface area contributed by atoms with Crippen LogP contribution >= 0.6 is 15.9 Å². The molecule has 0 aliphatic heterocycles. The number of nitrogens with zero attached hydrogens (tertiary/aromatic N) is 2. The van der Waals surface area contributed by atoms with Gasteiger partial charge in [0.2, 0.25) is 0 Å². The Balaban J connectivity index is 2.04. The molecule has 0 saturated carbocycles. The van der Waals surface area contributed by atoms with Crippen molar-refractivity contribution < 1.29 is 4.79 Å². The van der Waals surface area contributed by atoms with Crippen molar-refractivity contribution in [2.24, 2.45) is 0 Å². The van der Waals surface area contributed by atoms with E-state index < -0.39 is 0 Å². The monoisotopic (exact) mass is 307 g/mol. The molecule has 0 radical (unpaired) electrons. The van der Waals surface area contributed by atoms with E-state index in [0.29, 0.717) is 12.1 Å². The number of hydrogen-bond donors (Lipinski definition) is 1. The summed E-state index contributed by atoms with van der Waals surface area (Å²) in [6.07, 6.45) is 4.23. The molecule has 0 aliphatic carbocycles. The summed E-state index contributed by atoms with van der Waals surface area (Å²) in [5.74, 6) is -0.0851. The Morgan fingerprint density at radius 2 is 2.11 bits per heavy atom. The lowest BCUT2D eigenvalue weighted by molar-refractivity contribution is 0.0954. The van der Waals surface area contributed by atoms with Gasteiger partial charge in [0.05, 0.1) is 17.4 Å². The van der Waals surface area contributed by atoms with Crippen LogP contribution in [0.4, 0.5) is 0 Å². The number of amides is 1. The van der Waals surface area contributed by atoms with Crippen molar-refractivity contribution in [2.45, 2.75) is 6.42 Å². The minimum absolute atomic E-state index is 0.0851. The van der Waals surface area contributed by atoms with E-state index in [1.165, 1.54) is 0 Å². The van der Waals surface area contributed by atoms with Crippen LogP contribution in [0.5, 0.6) is 0 Å². The van der Waals surface area contributed by atoms with E-state index in [1.54, 1.807) is 17.1 Å². The molecule has 18 heavy (non-hydrogen) atoms. The Morgan fingerprint density at radius 3 is 2.83 bits per heavy atom. The number of benzene rings is 1. The standard InChI is InChI=1S/C13H14BrN3O/c14-7-4-8-15-13(18)11-9-16-17(10-11)12-5-2-1-3-6-12/h1-3,5-6,9-10H,4,7-8H2,(H,15,18). The first-order valence-corrected chi connectivity index (χ1v) is 6.87. The SMILES string of the molecule is O=C(NCCCBr)c1cnn(-c2ccccc2)c1. The van der Waals surface area contributed by atoms with E-state index in [9.17, 15) is 4.79 Å². The highest BCUT2D eigenvalue weighted by atomic mass is 79.9.